The van der Waals surface area contributed by atoms with E-state index in [0.29, 0.717) is 5.92 Å². The molecule has 0 amide bonds. The molecule has 0 saturated carbocycles. The Hall–Kier alpha value is -1.28. The summed E-state index contributed by atoms with van der Waals surface area (Å²) in [7, 11) is 0. The molecule has 0 spiro atoms. The molecule has 20 heavy (non-hydrogen) atoms. The molecule has 0 atom stereocenters. The van der Waals surface area contributed by atoms with E-state index in [1.54, 1.807) is 0 Å². The van der Waals surface area contributed by atoms with Gasteiger partial charge in [-0.25, -0.2) is 0 Å². The summed E-state index contributed by atoms with van der Waals surface area (Å²) in [5.74, 6) is 2.34. The van der Waals surface area contributed by atoms with Crippen LogP contribution in [-0.2, 0) is 5.33 Å². The molecule has 0 radical (unpaired) electrons. The van der Waals surface area contributed by atoms with Crippen molar-refractivity contribution in [3.05, 3.63) is 58.7 Å². The predicted molar refractivity (Wildman–Crippen MR) is 89.2 cm³/mol. The number of hydrogen-bond acceptors (Lipinski definition) is 1. The summed E-state index contributed by atoms with van der Waals surface area (Å²) in [6, 6.07) is 12.7. The van der Waals surface area contributed by atoms with Gasteiger partial charge in [-0.15, -0.1) is 0 Å². The Morgan fingerprint density at radius 3 is 2.25 bits per heavy atom. The monoisotopic (exact) mass is 332 g/mol. The number of ether oxygens (including phenoxy) is 1. The molecule has 0 fully saturated rings. The lowest BCUT2D eigenvalue weighted by Gasteiger charge is -2.16. The van der Waals surface area contributed by atoms with E-state index in [1.165, 1.54) is 22.3 Å². The van der Waals surface area contributed by atoms with Gasteiger partial charge in [-0.2, -0.15) is 0 Å². The van der Waals surface area contributed by atoms with Crippen molar-refractivity contribution in [1.29, 1.82) is 0 Å². The minimum absolute atomic E-state index is 0.448. The van der Waals surface area contributed by atoms with Crippen molar-refractivity contribution in [3.63, 3.8) is 0 Å². The highest BCUT2D eigenvalue weighted by atomic mass is 79.9. The molecule has 2 rings (SSSR count). The first-order valence-electron chi connectivity index (χ1n) is 6.95. The van der Waals surface area contributed by atoms with Gasteiger partial charge in [-0.05, 0) is 43.0 Å². The molecule has 0 saturated heterocycles. The summed E-state index contributed by atoms with van der Waals surface area (Å²) in [5, 5.41) is 0.798. The highest BCUT2D eigenvalue weighted by Gasteiger charge is 2.11. The van der Waals surface area contributed by atoms with Crippen LogP contribution in [-0.4, -0.2) is 0 Å². The maximum atomic E-state index is 6.20. The Morgan fingerprint density at radius 1 is 0.950 bits per heavy atom. The smallest absolute Gasteiger partial charge is 0.131 e. The van der Waals surface area contributed by atoms with Crippen LogP contribution >= 0.6 is 15.9 Å². The largest absolute Gasteiger partial charge is 0.457 e. The second kappa shape index (κ2) is 6.45. The fourth-order valence-electron chi connectivity index (χ4n) is 2.24. The maximum absolute atomic E-state index is 6.20. The fourth-order valence-corrected chi connectivity index (χ4v) is 2.68. The maximum Gasteiger partial charge on any atom is 0.131 e. The van der Waals surface area contributed by atoms with Crippen molar-refractivity contribution in [3.8, 4) is 11.5 Å². The van der Waals surface area contributed by atoms with Crippen LogP contribution in [0.5, 0.6) is 11.5 Å². The van der Waals surface area contributed by atoms with E-state index in [-0.39, 0.29) is 0 Å². The first-order valence-corrected chi connectivity index (χ1v) is 8.07. The topological polar surface area (TPSA) is 9.23 Å². The zero-order valence-electron chi connectivity index (χ0n) is 12.5. The van der Waals surface area contributed by atoms with Gasteiger partial charge in [0.25, 0.3) is 0 Å². The Bertz CT molecular complexity index is 602. The van der Waals surface area contributed by atoms with Gasteiger partial charge in [0, 0.05) is 10.9 Å². The Balaban J connectivity index is 2.41. The van der Waals surface area contributed by atoms with Gasteiger partial charge in [0.15, 0.2) is 0 Å². The van der Waals surface area contributed by atoms with Crippen molar-refractivity contribution < 1.29 is 4.74 Å². The van der Waals surface area contributed by atoms with Crippen LogP contribution in [0.4, 0.5) is 0 Å². The Kier molecular flexibility index (Phi) is 4.87. The number of alkyl halides is 1. The summed E-state index contributed by atoms with van der Waals surface area (Å²) in [6.07, 6.45) is 0. The molecule has 2 aromatic carbocycles. The highest BCUT2D eigenvalue weighted by Crippen LogP contribution is 2.34. The number of aryl methyl sites for hydroxylation is 2. The molecule has 2 heteroatoms. The standard InChI is InChI=1S/C18H21BrO/c1-12(2)16-7-5-14(4)10-18(16)20-17-8-6-13(3)9-15(17)11-19/h5-10,12H,11H2,1-4H3. The summed E-state index contributed by atoms with van der Waals surface area (Å²) in [6.45, 7) is 8.58. The SMILES string of the molecule is Cc1ccc(Oc2cc(C)ccc2C(C)C)c(CBr)c1. The highest BCUT2D eigenvalue weighted by molar-refractivity contribution is 9.08. The van der Waals surface area contributed by atoms with Crippen LogP contribution in [0.15, 0.2) is 36.4 Å². The van der Waals surface area contributed by atoms with Crippen LogP contribution in [0.25, 0.3) is 0 Å². The molecule has 106 valence electrons. The second-order valence-electron chi connectivity index (χ2n) is 5.54. The van der Waals surface area contributed by atoms with Gasteiger partial charge >= 0.3 is 0 Å². The van der Waals surface area contributed by atoms with Gasteiger partial charge in [-0.3, -0.25) is 0 Å². The minimum atomic E-state index is 0.448. The van der Waals surface area contributed by atoms with E-state index in [1.807, 2.05) is 0 Å². The molecule has 0 aliphatic carbocycles. The quantitative estimate of drug-likeness (QED) is 0.613. The first kappa shape index (κ1) is 15.1. The van der Waals surface area contributed by atoms with Crippen molar-refractivity contribution in [1.82, 2.24) is 0 Å². The van der Waals surface area contributed by atoms with Crippen molar-refractivity contribution in [2.24, 2.45) is 0 Å². The average Bonchev–Trinajstić information content (AvgIpc) is 2.40. The molecular weight excluding hydrogens is 312 g/mol. The van der Waals surface area contributed by atoms with Crippen LogP contribution in [0.1, 0.15) is 42.0 Å². The summed E-state index contributed by atoms with van der Waals surface area (Å²) >= 11 is 3.54. The lowest BCUT2D eigenvalue weighted by Crippen LogP contribution is -1.97. The number of halogens is 1. The van der Waals surface area contributed by atoms with E-state index in [0.717, 1.165) is 16.8 Å². The van der Waals surface area contributed by atoms with Crippen LogP contribution < -0.4 is 4.74 Å². The van der Waals surface area contributed by atoms with Gasteiger partial charge < -0.3 is 4.74 Å². The van der Waals surface area contributed by atoms with E-state index in [9.17, 15) is 0 Å². The summed E-state index contributed by atoms with van der Waals surface area (Å²) < 4.78 is 6.20. The third-order valence-corrected chi connectivity index (χ3v) is 3.98. The van der Waals surface area contributed by atoms with Crippen LogP contribution in [0, 0.1) is 13.8 Å². The van der Waals surface area contributed by atoms with Gasteiger partial charge in [-0.1, -0.05) is 59.6 Å². The molecule has 2 aromatic rings. The first-order chi connectivity index (χ1) is 9.51. The lowest BCUT2D eigenvalue weighted by atomic mass is 10.0. The lowest BCUT2D eigenvalue weighted by molar-refractivity contribution is 0.468. The van der Waals surface area contributed by atoms with Gasteiger partial charge in [0.05, 0.1) is 0 Å². The van der Waals surface area contributed by atoms with Gasteiger partial charge in [0.2, 0.25) is 0 Å². The second-order valence-corrected chi connectivity index (χ2v) is 6.10. The van der Waals surface area contributed by atoms with Gasteiger partial charge in [0.1, 0.15) is 11.5 Å². The molecule has 0 heterocycles. The normalized spacial score (nSPS) is 10.9. The predicted octanol–water partition coefficient (Wildman–Crippen LogP) is 6.11. The zero-order chi connectivity index (χ0) is 14.7. The number of hydrogen-bond donors (Lipinski definition) is 0. The average molecular weight is 333 g/mol. The molecule has 0 aromatic heterocycles. The van der Waals surface area contributed by atoms with E-state index < -0.39 is 0 Å². The van der Waals surface area contributed by atoms with Crippen molar-refractivity contribution in [2.45, 2.75) is 38.9 Å². The molecule has 0 N–H and O–H groups in total. The third-order valence-electron chi connectivity index (χ3n) is 3.37. The van der Waals surface area contributed by atoms with E-state index >= 15 is 0 Å². The minimum Gasteiger partial charge on any atom is -0.457 e. The molecule has 0 aliphatic heterocycles. The Morgan fingerprint density at radius 2 is 1.60 bits per heavy atom. The summed E-state index contributed by atoms with van der Waals surface area (Å²) in [5.41, 5.74) is 4.90. The van der Waals surface area contributed by atoms with Crippen molar-refractivity contribution in [2.75, 3.05) is 0 Å². The zero-order valence-corrected chi connectivity index (χ0v) is 14.1. The molecule has 1 nitrogen and oxygen atoms in total. The molecule has 0 aliphatic rings. The van der Waals surface area contributed by atoms with E-state index in [4.69, 9.17) is 4.74 Å². The van der Waals surface area contributed by atoms with Crippen LogP contribution in [0.3, 0.4) is 0 Å². The number of benzene rings is 2. The molecule has 0 unspecified atom stereocenters. The fraction of sp³-hybridized carbons (Fsp3) is 0.333. The third kappa shape index (κ3) is 3.43. The number of rotatable bonds is 4. The van der Waals surface area contributed by atoms with E-state index in [2.05, 4.69) is 80.0 Å². The van der Waals surface area contributed by atoms with Crippen LogP contribution in [0.2, 0.25) is 0 Å². The van der Waals surface area contributed by atoms with Crippen molar-refractivity contribution >= 4 is 15.9 Å². The molecule has 0 bridgehead atoms. The summed E-state index contributed by atoms with van der Waals surface area (Å²) in [4.78, 5) is 0. The Labute approximate surface area is 130 Å². The molecular formula is C18H21BrO.